The summed E-state index contributed by atoms with van der Waals surface area (Å²) in [4.78, 5) is 17.2. The van der Waals surface area contributed by atoms with E-state index in [0.29, 0.717) is 11.5 Å². The number of carboxylic acid groups (broad SMARTS) is 1. The van der Waals surface area contributed by atoms with Crippen LogP contribution in [0.4, 0.5) is 0 Å². The van der Waals surface area contributed by atoms with E-state index >= 15 is 0 Å². The molecule has 3 aromatic rings. The average Bonchev–Trinajstić information content (AvgIpc) is 3.32. The van der Waals surface area contributed by atoms with Crippen LogP contribution in [0.15, 0.2) is 42.6 Å². The summed E-state index contributed by atoms with van der Waals surface area (Å²) in [5.74, 6) is 1.51. The Hall–Kier alpha value is -2.83. The molecule has 1 aromatic heterocycles. The molecule has 0 radical (unpaired) electrons. The van der Waals surface area contributed by atoms with Crippen molar-refractivity contribution in [2.75, 3.05) is 20.3 Å². The predicted octanol–water partition coefficient (Wildman–Crippen LogP) is 5.56. The quantitative estimate of drug-likeness (QED) is 0.458. The van der Waals surface area contributed by atoms with Crippen molar-refractivity contribution in [3.63, 3.8) is 0 Å². The number of aromatic nitrogens is 1. The number of H-pyrrole nitrogens is 1. The highest BCUT2D eigenvalue weighted by Crippen LogP contribution is 2.40. The Kier molecular flexibility index (Phi) is 6.36. The molecule has 5 rings (SSSR count). The number of hydrogen-bond donors (Lipinski definition) is 2. The summed E-state index contributed by atoms with van der Waals surface area (Å²) < 4.78 is 12.2. The number of hydrogen-bond acceptors (Lipinski definition) is 4. The third kappa shape index (κ3) is 4.57. The first-order valence-corrected chi connectivity index (χ1v) is 12.3. The van der Waals surface area contributed by atoms with E-state index in [1.165, 1.54) is 22.9 Å². The van der Waals surface area contributed by atoms with E-state index in [0.717, 1.165) is 55.3 Å². The van der Waals surface area contributed by atoms with E-state index in [-0.39, 0.29) is 12.1 Å². The SMILES string of the molecule is COc1cc(C)c2[nH]ccc2c1CN1CC[C@H](OCC2CC2C)C[C@H]1c1ccc(C(=O)O)cc1. The van der Waals surface area contributed by atoms with Crippen molar-refractivity contribution in [1.82, 2.24) is 9.88 Å². The standard InChI is InChI=1S/C28H34N2O4/c1-17-12-21(17)16-34-22-9-11-30(25(14-22)19-4-6-20(7-5-19)28(31)32)15-24-23-8-10-29-27(23)18(2)13-26(24)33-3/h4-8,10,13,17,21-22,25,29H,9,11-12,14-16H2,1-3H3,(H,31,32)/t17?,21?,22-,25-/m0/s1. The Morgan fingerprint density at radius 1 is 1.21 bits per heavy atom. The zero-order chi connectivity index (χ0) is 23.8. The van der Waals surface area contributed by atoms with Gasteiger partial charge in [0.1, 0.15) is 5.75 Å². The van der Waals surface area contributed by atoms with Gasteiger partial charge in [0.25, 0.3) is 0 Å². The van der Waals surface area contributed by atoms with E-state index in [2.05, 4.69) is 35.9 Å². The number of piperidine rings is 1. The number of likely N-dealkylation sites (tertiary alicyclic amines) is 1. The number of rotatable bonds is 8. The molecule has 1 saturated heterocycles. The summed E-state index contributed by atoms with van der Waals surface area (Å²) >= 11 is 0. The molecule has 2 fully saturated rings. The van der Waals surface area contributed by atoms with E-state index in [1.54, 1.807) is 19.2 Å². The van der Waals surface area contributed by atoms with Crippen LogP contribution in [0.2, 0.25) is 0 Å². The fraction of sp³-hybridized carbons (Fsp3) is 0.464. The van der Waals surface area contributed by atoms with Gasteiger partial charge in [-0.1, -0.05) is 19.1 Å². The first kappa shape index (κ1) is 22.9. The van der Waals surface area contributed by atoms with Gasteiger partial charge in [-0.2, -0.15) is 0 Å². The zero-order valence-corrected chi connectivity index (χ0v) is 20.2. The molecule has 2 aromatic carbocycles. The average molecular weight is 463 g/mol. The summed E-state index contributed by atoms with van der Waals surface area (Å²) in [5, 5.41) is 10.5. The van der Waals surface area contributed by atoms with Crippen LogP contribution >= 0.6 is 0 Å². The zero-order valence-electron chi connectivity index (χ0n) is 20.2. The summed E-state index contributed by atoms with van der Waals surface area (Å²) in [6.45, 7) is 6.92. The van der Waals surface area contributed by atoms with Crippen molar-refractivity contribution < 1.29 is 19.4 Å². The number of aromatic amines is 1. The van der Waals surface area contributed by atoms with E-state index in [1.807, 2.05) is 18.3 Å². The van der Waals surface area contributed by atoms with E-state index in [9.17, 15) is 9.90 Å². The minimum atomic E-state index is -0.897. The van der Waals surface area contributed by atoms with Crippen molar-refractivity contribution in [1.29, 1.82) is 0 Å². The molecule has 1 aliphatic carbocycles. The molecule has 6 nitrogen and oxygen atoms in total. The monoisotopic (exact) mass is 462 g/mol. The van der Waals surface area contributed by atoms with Gasteiger partial charge >= 0.3 is 5.97 Å². The van der Waals surface area contributed by atoms with Gasteiger partial charge in [0.05, 0.1) is 25.4 Å². The smallest absolute Gasteiger partial charge is 0.335 e. The summed E-state index contributed by atoms with van der Waals surface area (Å²) in [6, 6.07) is 11.7. The number of nitrogens with one attached hydrogen (secondary N) is 1. The molecule has 1 saturated carbocycles. The maximum Gasteiger partial charge on any atom is 0.335 e. The minimum Gasteiger partial charge on any atom is -0.496 e. The Morgan fingerprint density at radius 3 is 2.65 bits per heavy atom. The number of methoxy groups -OCH3 is 1. The molecule has 2 heterocycles. The Labute approximate surface area is 200 Å². The summed E-state index contributed by atoms with van der Waals surface area (Å²) in [7, 11) is 1.73. The fourth-order valence-electron chi connectivity index (χ4n) is 5.39. The number of benzene rings is 2. The van der Waals surface area contributed by atoms with Gasteiger partial charge in [-0.3, -0.25) is 4.90 Å². The molecule has 34 heavy (non-hydrogen) atoms. The van der Waals surface area contributed by atoms with Crippen LogP contribution in [0.3, 0.4) is 0 Å². The maximum atomic E-state index is 11.4. The minimum absolute atomic E-state index is 0.151. The molecular weight excluding hydrogens is 428 g/mol. The molecular formula is C28H34N2O4. The number of carbonyl (C=O) groups is 1. The fourth-order valence-corrected chi connectivity index (χ4v) is 5.39. The molecule has 2 aliphatic rings. The van der Waals surface area contributed by atoms with Crippen LogP contribution in [0.5, 0.6) is 5.75 Å². The lowest BCUT2D eigenvalue weighted by molar-refractivity contribution is -0.0239. The van der Waals surface area contributed by atoms with Crippen LogP contribution in [-0.2, 0) is 11.3 Å². The molecule has 2 N–H and O–H groups in total. The molecule has 0 amide bonds. The highest BCUT2D eigenvalue weighted by molar-refractivity contribution is 5.88. The van der Waals surface area contributed by atoms with Crippen molar-refractivity contribution in [2.24, 2.45) is 11.8 Å². The van der Waals surface area contributed by atoms with Crippen LogP contribution in [-0.4, -0.2) is 47.3 Å². The van der Waals surface area contributed by atoms with Crippen molar-refractivity contribution in [2.45, 2.75) is 51.8 Å². The van der Waals surface area contributed by atoms with Gasteiger partial charge in [-0.05, 0) is 73.4 Å². The lowest BCUT2D eigenvalue weighted by Gasteiger charge is -2.40. The number of ether oxygens (including phenoxy) is 2. The lowest BCUT2D eigenvalue weighted by atomic mass is 9.91. The Bertz CT molecular complexity index is 1170. The van der Waals surface area contributed by atoms with Crippen LogP contribution in [0.25, 0.3) is 10.9 Å². The first-order valence-electron chi connectivity index (χ1n) is 12.3. The second-order valence-corrected chi connectivity index (χ2v) is 10.0. The molecule has 4 atom stereocenters. The Morgan fingerprint density at radius 2 is 1.97 bits per heavy atom. The number of nitrogens with zero attached hydrogens (tertiary/aromatic N) is 1. The first-order chi connectivity index (χ1) is 16.4. The third-order valence-corrected chi connectivity index (χ3v) is 7.72. The lowest BCUT2D eigenvalue weighted by Crippen LogP contribution is -2.39. The van der Waals surface area contributed by atoms with Crippen LogP contribution in [0, 0.1) is 18.8 Å². The molecule has 1 aliphatic heterocycles. The number of fused-ring (bicyclic) bond motifs is 1. The summed E-state index contributed by atoms with van der Waals surface area (Å²) in [6.07, 6.45) is 5.38. The molecule has 0 spiro atoms. The van der Waals surface area contributed by atoms with Gasteiger partial charge < -0.3 is 19.6 Å². The number of carboxylic acids is 1. The second-order valence-electron chi connectivity index (χ2n) is 10.0. The van der Waals surface area contributed by atoms with Gasteiger partial charge in [0.2, 0.25) is 0 Å². The van der Waals surface area contributed by atoms with Gasteiger partial charge in [-0.15, -0.1) is 0 Å². The number of aromatic carboxylic acids is 1. The highest BCUT2D eigenvalue weighted by Gasteiger charge is 2.36. The second kappa shape index (κ2) is 9.43. The van der Waals surface area contributed by atoms with Crippen molar-refractivity contribution in [3.05, 3.63) is 64.8 Å². The van der Waals surface area contributed by atoms with Crippen LogP contribution < -0.4 is 4.74 Å². The molecule has 2 unspecified atom stereocenters. The van der Waals surface area contributed by atoms with E-state index < -0.39 is 5.97 Å². The van der Waals surface area contributed by atoms with Gasteiger partial charge in [0.15, 0.2) is 0 Å². The molecule has 0 bridgehead atoms. The van der Waals surface area contributed by atoms with Crippen molar-refractivity contribution in [3.8, 4) is 5.75 Å². The molecule has 6 heteroatoms. The topological polar surface area (TPSA) is 74.8 Å². The largest absolute Gasteiger partial charge is 0.496 e. The normalized spacial score (nSPS) is 24.9. The van der Waals surface area contributed by atoms with E-state index in [4.69, 9.17) is 9.47 Å². The third-order valence-electron chi connectivity index (χ3n) is 7.72. The molecule has 180 valence electrons. The van der Waals surface area contributed by atoms with Crippen LogP contribution in [0.1, 0.15) is 59.3 Å². The Balaban J connectivity index is 1.43. The van der Waals surface area contributed by atoms with Gasteiger partial charge in [0, 0.05) is 41.8 Å². The van der Waals surface area contributed by atoms with Gasteiger partial charge in [-0.25, -0.2) is 4.79 Å². The summed E-state index contributed by atoms with van der Waals surface area (Å²) in [5.41, 5.74) is 4.95. The highest BCUT2D eigenvalue weighted by atomic mass is 16.5. The van der Waals surface area contributed by atoms with Crippen molar-refractivity contribution >= 4 is 16.9 Å². The predicted molar refractivity (Wildman–Crippen MR) is 132 cm³/mol. The maximum absolute atomic E-state index is 11.4. The number of aryl methyl sites for hydroxylation is 1.